The van der Waals surface area contributed by atoms with Crippen molar-refractivity contribution in [3.05, 3.63) is 96.2 Å². The predicted octanol–water partition coefficient (Wildman–Crippen LogP) is 5.26. The summed E-state index contributed by atoms with van der Waals surface area (Å²) in [5.74, 6) is 0.255. The maximum absolute atomic E-state index is 13.2. The number of carbonyl (C=O) groups excluding carboxylic acids is 2. The first-order chi connectivity index (χ1) is 23.4. The molecule has 2 aliphatic rings. The number of nitrogens with one attached hydrogen (secondary N) is 3. The summed E-state index contributed by atoms with van der Waals surface area (Å²) in [7, 11) is 2.78. The van der Waals surface area contributed by atoms with Crippen LogP contribution in [-0.2, 0) is 25.3 Å². The third-order valence-corrected chi connectivity index (χ3v) is 9.73. The molecule has 0 radical (unpaired) electrons. The number of benzene rings is 2. The number of hydrogen-bond acceptors (Lipinski definition) is 7. The predicted molar refractivity (Wildman–Crippen MR) is 191 cm³/mol. The van der Waals surface area contributed by atoms with E-state index in [4.69, 9.17) is 32.9 Å². The first kappa shape index (κ1) is 34.4. The van der Waals surface area contributed by atoms with Gasteiger partial charge in [0.05, 0.1) is 28.0 Å². The number of pyridine rings is 1. The fourth-order valence-corrected chi connectivity index (χ4v) is 6.95. The van der Waals surface area contributed by atoms with Crippen molar-refractivity contribution in [2.24, 2.45) is 20.0 Å². The monoisotopic (exact) mass is 704 g/mol. The Bertz CT molecular complexity index is 2070. The van der Waals surface area contributed by atoms with Gasteiger partial charge in [-0.25, -0.2) is 9.78 Å². The minimum absolute atomic E-state index is 0.0516. The van der Waals surface area contributed by atoms with Crippen molar-refractivity contribution in [3.8, 4) is 28.3 Å². The van der Waals surface area contributed by atoms with Crippen molar-refractivity contribution in [1.82, 2.24) is 24.8 Å². The Balaban J connectivity index is 1.32. The van der Waals surface area contributed by atoms with Gasteiger partial charge in [-0.1, -0.05) is 67.4 Å². The number of aromatic nitrogens is 3. The molecule has 11 nitrogen and oxygen atoms in total. The highest BCUT2D eigenvalue weighted by Gasteiger charge is 2.31. The van der Waals surface area contributed by atoms with Crippen LogP contribution >= 0.6 is 23.2 Å². The molecule has 4 aromatic rings. The average Bonchev–Trinajstić information content (AvgIpc) is 3.69. The molecule has 0 unspecified atom stereocenters. The number of aryl methyl sites for hydroxylation is 2. The van der Waals surface area contributed by atoms with E-state index in [1.165, 1.54) is 24.9 Å². The number of rotatable bonds is 10. The van der Waals surface area contributed by atoms with Crippen molar-refractivity contribution >= 4 is 40.7 Å². The molecule has 0 saturated carbocycles. The summed E-state index contributed by atoms with van der Waals surface area (Å²) < 4.78 is 8.36. The van der Waals surface area contributed by atoms with Crippen LogP contribution in [0.15, 0.2) is 58.3 Å². The van der Waals surface area contributed by atoms with E-state index in [0.29, 0.717) is 58.8 Å². The summed E-state index contributed by atoms with van der Waals surface area (Å²) in [5.41, 5.74) is 3.55. The highest BCUT2D eigenvalue weighted by Crippen LogP contribution is 2.44. The van der Waals surface area contributed by atoms with Gasteiger partial charge in [-0.3, -0.25) is 19.0 Å². The number of ether oxygens (including phenoxy) is 1. The van der Waals surface area contributed by atoms with Gasteiger partial charge in [-0.05, 0) is 42.9 Å². The molecule has 3 N–H and O–H groups in total. The van der Waals surface area contributed by atoms with Gasteiger partial charge in [-0.2, -0.15) is 0 Å². The summed E-state index contributed by atoms with van der Waals surface area (Å²) >= 11 is 14.0. The second-order valence-corrected chi connectivity index (χ2v) is 13.7. The zero-order chi connectivity index (χ0) is 35.0. The summed E-state index contributed by atoms with van der Waals surface area (Å²) in [4.78, 5) is 54.6. The van der Waals surface area contributed by atoms with Crippen molar-refractivity contribution in [1.29, 1.82) is 0 Å². The van der Waals surface area contributed by atoms with E-state index in [2.05, 4.69) is 35.9 Å². The fraction of sp³-hybridized carbons (Fsp3) is 0.361. The van der Waals surface area contributed by atoms with Crippen molar-refractivity contribution < 1.29 is 14.3 Å². The first-order valence-electron chi connectivity index (χ1n) is 16.3. The molecule has 1 aliphatic heterocycles. The molecule has 2 aromatic heterocycles. The van der Waals surface area contributed by atoms with Gasteiger partial charge in [-0.15, -0.1) is 0 Å². The van der Waals surface area contributed by atoms with Crippen LogP contribution in [0.3, 0.4) is 0 Å². The molecule has 2 aromatic carbocycles. The smallest absolute Gasteiger partial charge is 0.330 e. The van der Waals surface area contributed by atoms with Gasteiger partial charge in [0.1, 0.15) is 5.56 Å². The number of carbonyl (C=O) groups is 2. The van der Waals surface area contributed by atoms with Gasteiger partial charge in [0.25, 0.3) is 11.5 Å². The lowest BCUT2D eigenvalue weighted by Crippen LogP contribution is -2.40. The maximum Gasteiger partial charge on any atom is 0.330 e. The van der Waals surface area contributed by atoms with E-state index in [-0.39, 0.29) is 34.3 Å². The summed E-state index contributed by atoms with van der Waals surface area (Å²) in [6.45, 7) is 5.36. The van der Waals surface area contributed by atoms with Crippen molar-refractivity contribution in [2.45, 2.75) is 51.6 Å². The number of nitrogens with zero attached hydrogens (tertiary/aromatic N) is 3. The molecule has 2 atom stereocenters. The molecule has 1 aliphatic carbocycles. The molecule has 13 heteroatoms. The fourth-order valence-electron chi connectivity index (χ4n) is 6.35. The zero-order valence-corrected chi connectivity index (χ0v) is 29.2. The second kappa shape index (κ2) is 14.2. The van der Waals surface area contributed by atoms with Gasteiger partial charge in [0, 0.05) is 67.6 Å². The van der Waals surface area contributed by atoms with Crippen LogP contribution in [0.5, 0.6) is 5.88 Å². The minimum Gasteiger partial charge on any atom is -0.477 e. The Kier molecular flexibility index (Phi) is 9.96. The third kappa shape index (κ3) is 7.01. The Hall–Kier alpha value is -4.45. The van der Waals surface area contributed by atoms with E-state index in [9.17, 15) is 19.2 Å². The molecule has 3 heterocycles. The van der Waals surface area contributed by atoms with Crippen molar-refractivity contribution in [3.63, 3.8) is 0 Å². The molecule has 49 heavy (non-hydrogen) atoms. The molecule has 1 saturated heterocycles. The highest BCUT2D eigenvalue weighted by atomic mass is 35.5. The summed E-state index contributed by atoms with van der Waals surface area (Å²) in [5, 5.41) is 10.0. The van der Waals surface area contributed by atoms with E-state index >= 15 is 0 Å². The lowest BCUT2D eigenvalue weighted by molar-refractivity contribution is -0.119. The van der Waals surface area contributed by atoms with Crippen LogP contribution in [0.4, 0.5) is 5.69 Å². The van der Waals surface area contributed by atoms with E-state index < -0.39 is 17.2 Å². The topological polar surface area (TPSA) is 136 Å². The zero-order valence-electron chi connectivity index (χ0n) is 27.7. The Morgan fingerprint density at radius 3 is 2.45 bits per heavy atom. The average molecular weight is 706 g/mol. The lowest BCUT2D eigenvalue weighted by Gasteiger charge is -2.21. The number of anilines is 1. The summed E-state index contributed by atoms with van der Waals surface area (Å²) in [6.07, 6.45) is 4.30. The van der Waals surface area contributed by atoms with Crippen LogP contribution in [-0.4, -0.2) is 45.1 Å². The van der Waals surface area contributed by atoms with Crippen LogP contribution in [0.2, 0.25) is 10.0 Å². The van der Waals surface area contributed by atoms with Crippen LogP contribution in [0.1, 0.15) is 60.6 Å². The Labute approximate surface area is 293 Å². The molecular weight excluding hydrogens is 667 g/mol. The van der Waals surface area contributed by atoms with Crippen LogP contribution in [0.25, 0.3) is 22.4 Å². The van der Waals surface area contributed by atoms with Gasteiger partial charge in [0.2, 0.25) is 11.8 Å². The van der Waals surface area contributed by atoms with Crippen LogP contribution < -0.4 is 31.9 Å². The molecule has 2 amide bonds. The SMILES string of the molecule is CC(C)COc1nc(-c2cccc(-c3cccc(NC(=O)c4cn(C)c(=O)n(C)c4=O)c3Cl)c2Cl)cc2c1[C@@H](NC[C@@H]1CCC(=O)N1)CC2. The minimum atomic E-state index is -0.716. The quantitative estimate of drug-likeness (QED) is 0.205. The van der Waals surface area contributed by atoms with E-state index in [0.717, 1.165) is 35.0 Å². The number of fused-ring (bicyclic) bond motifs is 1. The molecule has 256 valence electrons. The second-order valence-electron chi connectivity index (χ2n) is 13.0. The normalized spacial score (nSPS) is 16.9. The first-order valence-corrected chi connectivity index (χ1v) is 17.0. The molecule has 6 rings (SSSR count). The molecule has 0 bridgehead atoms. The number of halogens is 2. The van der Waals surface area contributed by atoms with Gasteiger partial charge >= 0.3 is 5.69 Å². The van der Waals surface area contributed by atoms with Crippen molar-refractivity contribution in [2.75, 3.05) is 18.5 Å². The van der Waals surface area contributed by atoms with Crippen LogP contribution in [0, 0.1) is 5.92 Å². The standard InChI is InChI=1S/C36H38Cl2N6O5/c1-19(2)18-49-34-30-20(11-13-26(30)39-16-21-12-14-29(45)40-21)15-28(42-34)24-9-5-7-22(31(24)37)23-8-6-10-27(32(23)38)41-33(46)25-17-43(3)36(48)44(4)35(25)47/h5-10,15,17,19,21,26,39H,11-14,16,18H2,1-4H3,(H,40,45)(H,41,46)/t21-,26-/m0/s1. The Morgan fingerprint density at radius 2 is 1.73 bits per heavy atom. The van der Waals surface area contributed by atoms with Gasteiger partial charge < -0.3 is 25.3 Å². The van der Waals surface area contributed by atoms with E-state index in [1.807, 2.05) is 18.2 Å². The molecular formula is C36H38Cl2N6O5. The molecule has 1 fully saturated rings. The van der Waals surface area contributed by atoms with Gasteiger partial charge in [0.15, 0.2) is 0 Å². The Morgan fingerprint density at radius 1 is 1.02 bits per heavy atom. The van der Waals surface area contributed by atoms with E-state index in [1.54, 1.807) is 18.2 Å². The maximum atomic E-state index is 13.2. The molecule has 0 spiro atoms. The number of hydrogen-bond donors (Lipinski definition) is 3. The highest BCUT2D eigenvalue weighted by molar-refractivity contribution is 6.39. The largest absolute Gasteiger partial charge is 0.477 e. The number of amides is 2. The summed E-state index contributed by atoms with van der Waals surface area (Å²) in [6, 6.07) is 13.0. The lowest BCUT2D eigenvalue weighted by atomic mass is 9.99. The third-order valence-electron chi connectivity index (χ3n) is 8.91.